The third-order valence-electron chi connectivity index (χ3n) is 2.16. The topological polar surface area (TPSA) is 72.0 Å². The van der Waals surface area contributed by atoms with Gasteiger partial charge in [0.2, 0.25) is 11.9 Å². The van der Waals surface area contributed by atoms with Gasteiger partial charge in [0.1, 0.15) is 6.23 Å². The van der Waals surface area contributed by atoms with Crippen LogP contribution in [0.2, 0.25) is 0 Å². The highest BCUT2D eigenvalue weighted by Crippen LogP contribution is 2.15. The molecule has 0 radical (unpaired) electrons. The zero-order valence-corrected chi connectivity index (χ0v) is 12.3. The first-order valence-electron chi connectivity index (χ1n) is 5.95. The van der Waals surface area contributed by atoms with Crippen molar-refractivity contribution in [3.05, 3.63) is 0 Å². The zero-order valence-electron chi connectivity index (χ0n) is 11.5. The second-order valence-electron chi connectivity index (χ2n) is 4.05. The van der Waals surface area contributed by atoms with Gasteiger partial charge >= 0.3 is 0 Å². The maximum Gasteiger partial charge on any atom is 0.230 e. The smallest absolute Gasteiger partial charge is 0.230 e. The predicted octanol–water partition coefficient (Wildman–Crippen LogP) is 2.21. The van der Waals surface area contributed by atoms with E-state index < -0.39 is 0 Å². The highest BCUT2D eigenvalue weighted by molar-refractivity contribution is 7.98. The molecule has 0 spiro atoms. The Bertz CT molecular complexity index is 370. The molecule has 0 aliphatic carbocycles. The Kier molecular flexibility index (Phi) is 6.14. The Labute approximate surface area is 112 Å². The summed E-state index contributed by atoms with van der Waals surface area (Å²) in [4.78, 5) is 12.9. The molecule has 2 N–H and O–H groups in total. The standard InChI is InChI=1S/C11H21N5OS/c1-6-8(17-4)13-10-14-9(12-7(2)3)15-11(16-10)18-5/h7-8H,6H2,1-5H3,(H2,12,13,14,15,16). The molecule has 0 fully saturated rings. The first-order chi connectivity index (χ1) is 8.58. The normalized spacial score (nSPS) is 12.6. The Hall–Kier alpha value is -1.08. The van der Waals surface area contributed by atoms with Crippen molar-refractivity contribution in [2.45, 2.75) is 44.6 Å². The summed E-state index contributed by atoms with van der Waals surface area (Å²) in [5, 5.41) is 6.98. The van der Waals surface area contributed by atoms with Gasteiger partial charge in [0.05, 0.1) is 0 Å². The minimum absolute atomic E-state index is 0.0889. The van der Waals surface area contributed by atoms with Gasteiger partial charge in [-0.1, -0.05) is 18.7 Å². The van der Waals surface area contributed by atoms with Crippen LogP contribution >= 0.6 is 11.8 Å². The summed E-state index contributed by atoms with van der Waals surface area (Å²) in [6.45, 7) is 6.12. The van der Waals surface area contributed by atoms with Gasteiger partial charge in [-0.15, -0.1) is 0 Å². The molecule has 0 bridgehead atoms. The van der Waals surface area contributed by atoms with Crippen molar-refractivity contribution in [1.29, 1.82) is 0 Å². The molecular weight excluding hydrogens is 250 g/mol. The van der Waals surface area contributed by atoms with Crippen molar-refractivity contribution >= 4 is 23.7 Å². The van der Waals surface area contributed by atoms with E-state index >= 15 is 0 Å². The number of nitrogens with one attached hydrogen (secondary N) is 2. The van der Waals surface area contributed by atoms with Gasteiger partial charge in [0, 0.05) is 13.2 Å². The highest BCUT2D eigenvalue weighted by Gasteiger charge is 2.10. The van der Waals surface area contributed by atoms with E-state index in [1.165, 1.54) is 11.8 Å². The van der Waals surface area contributed by atoms with Crippen molar-refractivity contribution in [1.82, 2.24) is 15.0 Å². The number of hydrogen-bond acceptors (Lipinski definition) is 7. The Morgan fingerprint density at radius 2 is 1.78 bits per heavy atom. The van der Waals surface area contributed by atoms with Crippen LogP contribution in [0, 0.1) is 0 Å². The molecule has 1 atom stereocenters. The molecule has 1 heterocycles. The van der Waals surface area contributed by atoms with E-state index in [4.69, 9.17) is 4.74 Å². The fraction of sp³-hybridized carbons (Fsp3) is 0.727. The molecule has 6 nitrogen and oxygen atoms in total. The Balaban J connectivity index is 2.89. The second kappa shape index (κ2) is 7.38. The van der Waals surface area contributed by atoms with E-state index in [1.807, 2.05) is 27.0 Å². The molecule has 102 valence electrons. The summed E-state index contributed by atoms with van der Waals surface area (Å²) >= 11 is 1.48. The van der Waals surface area contributed by atoms with Gasteiger partial charge in [0.15, 0.2) is 5.16 Å². The lowest BCUT2D eigenvalue weighted by atomic mass is 10.4. The monoisotopic (exact) mass is 271 g/mol. The SMILES string of the molecule is CCC(Nc1nc(NC(C)C)nc(SC)n1)OC. The minimum atomic E-state index is -0.0889. The summed E-state index contributed by atoms with van der Waals surface area (Å²) < 4.78 is 5.26. The third-order valence-corrected chi connectivity index (χ3v) is 2.71. The summed E-state index contributed by atoms with van der Waals surface area (Å²) in [5.74, 6) is 1.11. The molecule has 0 aliphatic heterocycles. The van der Waals surface area contributed by atoms with Crippen molar-refractivity contribution in [2.24, 2.45) is 0 Å². The molecule has 0 saturated carbocycles. The number of anilines is 2. The molecule has 0 aliphatic rings. The molecule has 0 saturated heterocycles. The lowest BCUT2D eigenvalue weighted by Gasteiger charge is -2.16. The lowest BCUT2D eigenvalue weighted by molar-refractivity contribution is 0.121. The van der Waals surface area contributed by atoms with Crippen LogP contribution in [0.25, 0.3) is 0 Å². The molecule has 1 rings (SSSR count). The summed E-state index contributed by atoms with van der Waals surface area (Å²) in [6, 6.07) is 0.277. The molecule has 1 aromatic heterocycles. The largest absolute Gasteiger partial charge is 0.362 e. The number of ether oxygens (including phenoxy) is 1. The first kappa shape index (κ1) is 15.0. The summed E-state index contributed by atoms with van der Waals surface area (Å²) in [6.07, 6.45) is 2.68. The minimum Gasteiger partial charge on any atom is -0.362 e. The van der Waals surface area contributed by atoms with E-state index in [1.54, 1.807) is 7.11 Å². The molecule has 7 heteroatoms. The number of nitrogens with zero attached hydrogens (tertiary/aromatic N) is 3. The first-order valence-corrected chi connectivity index (χ1v) is 7.17. The van der Waals surface area contributed by atoms with E-state index in [2.05, 4.69) is 25.6 Å². The van der Waals surface area contributed by atoms with Gasteiger partial charge in [-0.05, 0) is 26.5 Å². The maximum absolute atomic E-state index is 5.26. The summed E-state index contributed by atoms with van der Waals surface area (Å²) in [7, 11) is 1.66. The van der Waals surface area contributed by atoms with Crippen molar-refractivity contribution in [2.75, 3.05) is 24.0 Å². The fourth-order valence-electron chi connectivity index (χ4n) is 1.31. The predicted molar refractivity (Wildman–Crippen MR) is 75.1 cm³/mol. The van der Waals surface area contributed by atoms with Crippen LogP contribution in [0.3, 0.4) is 0 Å². The lowest BCUT2D eigenvalue weighted by Crippen LogP contribution is -2.23. The van der Waals surface area contributed by atoms with Gasteiger partial charge in [-0.2, -0.15) is 15.0 Å². The second-order valence-corrected chi connectivity index (χ2v) is 4.82. The summed E-state index contributed by atoms with van der Waals surface area (Å²) in [5.41, 5.74) is 0. The van der Waals surface area contributed by atoms with Crippen LogP contribution in [0.4, 0.5) is 11.9 Å². The number of methoxy groups -OCH3 is 1. The van der Waals surface area contributed by atoms with Gasteiger partial charge < -0.3 is 15.4 Å². The van der Waals surface area contributed by atoms with Crippen molar-refractivity contribution < 1.29 is 4.74 Å². The van der Waals surface area contributed by atoms with Gasteiger partial charge in [-0.25, -0.2) is 0 Å². The van der Waals surface area contributed by atoms with Crippen LogP contribution in [0.1, 0.15) is 27.2 Å². The maximum atomic E-state index is 5.26. The van der Waals surface area contributed by atoms with E-state index in [-0.39, 0.29) is 12.3 Å². The van der Waals surface area contributed by atoms with Gasteiger partial charge in [-0.3, -0.25) is 0 Å². The average molecular weight is 271 g/mol. The van der Waals surface area contributed by atoms with Crippen LogP contribution in [0.5, 0.6) is 0 Å². The molecular formula is C11H21N5OS. The van der Waals surface area contributed by atoms with E-state index in [0.717, 1.165) is 6.42 Å². The molecule has 1 aromatic rings. The van der Waals surface area contributed by atoms with E-state index in [9.17, 15) is 0 Å². The van der Waals surface area contributed by atoms with Crippen LogP contribution in [-0.4, -0.2) is 40.6 Å². The van der Waals surface area contributed by atoms with Crippen molar-refractivity contribution in [3.63, 3.8) is 0 Å². The molecule has 18 heavy (non-hydrogen) atoms. The van der Waals surface area contributed by atoms with Crippen LogP contribution in [-0.2, 0) is 4.74 Å². The quantitative estimate of drug-likeness (QED) is 0.582. The van der Waals surface area contributed by atoms with Crippen LogP contribution in [0.15, 0.2) is 5.16 Å². The number of hydrogen-bond donors (Lipinski definition) is 2. The van der Waals surface area contributed by atoms with Crippen molar-refractivity contribution in [3.8, 4) is 0 Å². The number of aromatic nitrogens is 3. The average Bonchev–Trinajstić information content (AvgIpc) is 2.34. The fourth-order valence-corrected chi connectivity index (χ4v) is 1.66. The van der Waals surface area contributed by atoms with Crippen LogP contribution < -0.4 is 10.6 Å². The number of thioether (sulfide) groups is 1. The number of rotatable bonds is 7. The molecule has 0 aromatic carbocycles. The zero-order chi connectivity index (χ0) is 13.5. The Morgan fingerprint density at radius 3 is 2.22 bits per heavy atom. The molecule has 0 amide bonds. The van der Waals surface area contributed by atoms with E-state index in [0.29, 0.717) is 17.1 Å². The molecule has 1 unspecified atom stereocenters. The third kappa shape index (κ3) is 4.66. The van der Waals surface area contributed by atoms with Gasteiger partial charge in [0.25, 0.3) is 0 Å². The highest BCUT2D eigenvalue weighted by atomic mass is 32.2. The Morgan fingerprint density at radius 1 is 1.17 bits per heavy atom.